The maximum absolute atomic E-state index is 13.0. The van der Waals surface area contributed by atoms with E-state index in [2.05, 4.69) is 0 Å². The van der Waals surface area contributed by atoms with Crippen LogP contribution in [0.5, 0.6) is 0 Å². The predicted molar refractivity (Wildman–Crippen MR) is 99.3 cm³/mol. The third kappa shape index (κ3) is 3.97. The zero-order valence-electron chi connectivity index (χ0n) is 13.6. The first kappa shape index (κ1) is 18.9. The van der Waals surface area contributed by atoms with Gasteiger partial charge in [-0.1, -0.05) is 12.1 Å². The third-order valence-corrected chi connectivity index (χ3v) is 5.48. The number of benzene rings is 1. The Balaban J connectivity index is 0.00000208. The maximum atomic E-state index is 13.0. The topological polar surface area (TPSA) is 46.3 Å². The monoisotopic (exact) mass is 368 g/mol. The molecule has 3 nitrogen and oxygen atoms in total. The van der Waals surface area contributed by atoms with E-state index < -0.39 is 0 Å². The summed E-state index contributed by atoms with van der Waals surface area (Å²) in [5, 5.41) is 0. The molecule has 2 unspecified atom stereocenters. The van der Waals surface area contributed by atoms with E-state index in [-0.39, 0.29) is 36.2 Å². The first-order valence-electron chi connectivity index (χ1n) is 7.98. The number of amides is 1. The number of piperidine rings is 1. The third-order valence-electron chi connectivity index (χ3n) is 4.36. The number of nitrogens with two attached hydrogens (primary N) is 1. The molecule has 2 heterocycles. The summed E-state index contributed by atoms with van der Waals surface area (Å²) < 4.78 is 13.0. The lowest BCUT2D eigenvalue weighted by Gasteiger charge is -2.37. The Morgan fingerprint density at radius 2 is 1.96 bits per heavy atom. The van der Waals surface area contributed by atoms with E-state index in [1.807, 2.05) is 24.0 Å². The van der Waals surface area contributed by atoms with Crippen molar-refractivity contribution in [3.8, 4) is 10.4 Å². The molecule has 2 N–H and O–H groups in total. The molecule has 0 aliphatic carbocycles. The summed E-state index contributed by atoms with van der Waals surface area (Å²) >= 11 is 1.45. The lowest BCUT2D eigenvalue weighted by molar-refractivity contribution is 0.0589. The molecule has 6 heteroatoms. The zero-order chi connectivity index (χ0) is 16.4. The van der Waals surface area contributed by atoms with Crippen molar-refractivity contribution in [2.45, 2.75) is 38.3 Å². The van der Waals surface area contributed by atoms with Crippen molar-refractivity contribution in [3.05, 3.63) is 47.1 Å². The van der Waals surface area contributed by atoms with Crippen LogP contribution in [-0.2, 0) is 0 Å². The Morgan fingerprint density at radius 1 is 1.25 bits per heavy atom. The molecule has 0 spiro atoms. The van der Waals surface area contributed by atoms with Gasteiger partial charge in [-0.15, -0.1) is 23.7 Å². The first-order chi connectivity index (χ1) is 11.1. The Bertz CT molecular complexity index is 687. The largest absolute Gasteiger partial charge is 0.333 e. The van der Waals surface area contributed by atoms with E-state index in [0.717, 1.165) is 41.1 Å². The number of carbonyl (C=O) groups excluding carboxylic acids is 1. The number of nitrogens with zero attached hydrogens (tertiary/aromatic N) is 1. The highest BCUT2D eigenvalue weighted by Gasteiger charge is 2.30. The summed E-state index contributed by atoms with van der Waals surface area (Å²) in [7, 11) is 0. The molecular formula is C18H22ClFN2OS. The first-order valence-corrected chi connectivity index (χ1v) is 8.80. The van der Waals surface area contributed by atoms with Gasteiger partial charge in [-0.3, -0.25) is 4.79 Å². The van der Waals surface area contributed by atoms with Gasteiger partial charge >= 0.3 is 0 Å². The van der Waals surface area contributed by atoms with E-state index >= 15 is 0 Å². The highest BCUT2D eigenvalue weighted by molar-refractivity contribution is 7.17. The quantitative estimate of drug-likeness (QED) is 0.877. The predicted octanol–water partition coefficient (Wildman–Crippen LogP) is 4.32. The Hall–Kier alpha value is -1.43. The van der Waals surface area contributed by atoms with Gasteiger partial charge in [0, 0.05) is 23.5 Å². The average molecular weight is 369 g/mol. The second kappa shape index (κ2) is 8.10. The molecule has 1 saturated heterocycles. The average Bonchev–Trinajstić information content (AvgIpc) is 3.04. The molecule has 1 aliphatic heterocycles. The van der Waals surface area contributed by atoms with Crippen molar-refractivity contribution in [2.24, 2.45) is 5.73 Å². The summed E-state index contributed by atoms with van der Waals surface area (Å²) in [5.41, 5.74) is 6.99. The van der Waals surface area contributed by atoms with Crippen molar-refractivity contribution in [3.63, 3.8) is 0 Å². The van der Waals surface area contributed by atoms with Crippen LogP contribution < -0.4 is 5.73 Å². The van der Waals surface area contributed by atoms with Gasteiger partial charge in [0.2, 0.25) is 0 Å². The second-order valence-electron chi connectivity index (χ2n) is 6.09. The van der Waals surface area contributed by atoms with Crippen LogP contribution in [-0.4, -0.2) is 29.4 Å². The number of thiophene rings is 1. The normalized spacial score (nSPS) is 18.8. The van der Waals surface area contributed by atoms with Gasteiger partial charge in [0.05, 0.1) is 4.88 Å². The molecule has 1 amide bonds. The van der Waals surface area contributed by atoms with Crippen LogP contribution in [0.25, 0.3) is 10.4 Å². The fourth-order valence-corrected chi connectivity index (χ4v) is 4.09. The molecule has 24 heavy (non-hydrogen) atoms. The van der Waals surface area contributed by atoms with Crippen molar-refractivity contribution in [2.75, 3.05) is 6.54 Å². The van der Waals surface area contributed by atoms with E-state index in [9.17, 15) is 9.18 Å². The van der Waals surface area contributed by atoms with Gasteiger partial charge in [-0.25, -0.2) is 4.39 Å². The van der Waals surface area contributed by atoms with E-state index in [1.165, 1.54) is 23.5 Å². The molecule has 0 bridgehead atoms. The van der Waals surface area contributed by atoms with Crippen LogP contribution in [0.4, 0.5) is 4.39 Å². The van der Waals surface area contributed by atoms with Crippen molar-refractivity contribution in [1.82, 2.24) is 4.90 Å². The molecule has 130 valence electrons. The number of carbonyl (C=O) groups is 1. The molecule has 1 aliphatic rings. The second-order valence-corrected chi connectivity index (χ2v) is 7.18. The Kier molecular flexibility index (Phi) is 6.38. The summed E-state index contributed by atoms with van der Waals surface area (Å²) in [6.07, 6.45) is 3.13. The molecule has 1 fully saturated rings. The molecule has 3 rings (SSSR count). The summed E-state index contributed by atoms with van der Waals surface area (Å²) in [4.78, 5) is 16.5. The minimum atomic E-state index is -0.255. The van der Waals surface area contributed by atoms with Crippen molar-refractivity contribution >= 4 is 29.7 Å². The lowest BCUT2D eigenvalue weighted by Crippen LogP contribution is -2.51. The zero-order valence-corrected chi connectivity index (χ0v) is 15.2. The number of hydrogen-bond acceptors (Lipinski definition) is 3. The molecule has 1 aromatic carbocycles. The molecule has 0 radical (unpaired) electrons. The molecule has 2 aromatic rings. The summed E-state index contributed by atoms with van der Waals surface area (Å²) in [6.45, 7) is 2.74. The highest BCUT2D eigenvalue weighted by Crippen LogP contribution is 2.30. The number of hydrogen-bond donors (Lipinski definition) is 1. The van der Waals surface area contributed by atoms with Crippen LogP contribution in [0.15, 0.2) is 36.4 Å². The van der Waals surface area contributed by atoms with Gasteiger partial charge in [0.1, 0.15) is 5.82 Å². The van der Waals surface area contributed by atoms with Gasteiger partial charge in [-0.05, 0) is 56.0 Å². The minimum absolute atomic E-state index is 0. The van der Waals surface area contributed by atoms with E-state index in [0.29, 0.717) is 0 Å². The van der Waals surface area contributed by atoms with Crippen LogP contribution in [0.2, 0.25) is 0 Å². The van der Waals surface area contributed by atoms with Crippen LogP contribution in [0.3, 0.4) is 0 Å². The molecule has 2 atom stereocenters. The van der Waals surface area contributed by atoms with Gasteiger partial charge in [0.15, 0.2) is 0 Å². The maximum Gasteiger partial charge on any atom is 0.264 e. The van der Waals surface area contributed by atoms with Crippen molar-refractivity contribution < 1.29 is 9.18 Å². The smallest absolute Gasteiger partial charge is 0.264 e. The Morgan fingerprint density at radius 3 is 2.62 bits per heavy atom. The van der Waals surface area contributed by atoms with Gasteiger partial charge < -0.3 is 10.6 Å². The molecular weight excluding hydrogens is 347 g/mol. The fraction of sp³-hybridized carbons (Fsp3) is 0.389. The summed E-state index contributed by atoms with van der Waals surface area (Å²) in [6, 6.07) is 10.2. The van der Waals surface area contributed by atoms with Crippen LogP contribution in [0.1, 0.15) is 35.9 Å². The number of likely N-dealkylation sites (tertiary alicyclic amines) is 1. The van der Waals surface area contributed by atoms with Crippen molar-refractivity contribution in [1.29, 1.82) is 0 Å². The minimum Gasteiger partial charge on any atom is -0.333 e. The fourth-order valence-electron chi connectivity index (χ4n) is 3.12. The van der Waals surface area contributed by atoms with Gasteiger partial charge in [-0.2, -0.15) is 0 Å². The molecule has 0 saturated carbocycles. The lowest BCUT2D eigenvalue weighted by atomic mass is 9.97. The highest BCUT2D eigenvalue weighted by atomic mass is 35.5. The standard InChI is InChI=1S/C18H21FN2OS.ClH/c1-12(20)15-4-2-3-11-21(15)18(22)17-10-9-16(23-17)13-5-7-14(19)8-6-13;/h5-10,12,15H,2-4,11,20H2,1H3;1H. The number of halogens is 2. The van der Waals surface area contributed by atoms with E-state index in [1.54, 1.807) is 12.1 Å². The molecule has 1 aromatic heterocycles. The summed E-state index contributed by atoms with van der Waals surface area (Å²) in [5.74, 6) is -0.194. The number of rotatable bonds is 3. The van der Waals surface area contributed by atoms with Crippen LogP contribution in [0, 0.1) is 5.82 Å². The van der Waals surface area contributed by atoms with E-state index in [4.69, 9.17) is 5.73 Å². The Labute approximate surface area is 152 Å². The van der Waals surface area contributed by atoms with Crippen LogP contribution >= 0.6 is 23.7 Å². The van der Waals surface area contributed by atoms with Gasteiger partial charge in [0.25, 0.3) is 5.91 Å². The SMILES string of the molecule is CC(N)C1CCCCN1C(=O)c1ccc(-c2ccc(F)cc2)s1.Cl.